The van der Waals surface area contributed by atoms with Crippen LogP contribution < -0.4 is 4.74 Å². The topological polar surface area (TPSA) is 63.9 Å². The molecule has 1 unspecified atom stereocenters. The quantitative estimate of drug-likeness (QED) is 0.587. The highest BCUT2D eigenvalue weighted by Crippen LogP contribution is 2.30. The molecule has 1 aliphatic rings. The van der Waals surface area contributed by atoms with Crippen LogP contribution in [0, 0.1) is 6.92 Å². The van der Waals surface area contributed by atoms with Crippen molar-refractivity contribution in [2.24, 2.45) is 0 Å². The van der Waals surface area contributed by atoms with Gasteiger partial charge in [0.25, 0.3) is 0 Å². The van der Waals surface area contributed by atoms with E-state index in [9.17, 15) is 4.79 Å². The Hall–Kier alpha value is -1.49. The third-order valence-electron chi connectivity index (χ3n) is 3.34. The summed E-state index contributed by atoms with van der Waals surface area (Å²) in [5, 5.41) is 0. The van der Waals surface area contributed by atoms with Gasteiger partial charge in [0, 0.05) is 11.3 Å². The predicted molar refractivity (Wildman–Crippen MR) is 75.3 cm³/mol. The van der Waals surface area contributed by atoms with Crippen molar-refractivity contribution in [3.8, 4) is 5.75 Å². The van der Waals surface area contributed by atoms with Crippen LogP contribution in [0.4, 0.5) is 0 Å². The molecular weight excluding hydrogens is 258 g/mol. The molecule has 1 aromatic rings. The maximum atomic E-state index is 12.0. The number of carbonyl (C=O) groups is 1. The van der Waals surface area contributed by atoms with Crippen molar-refractivity contribution >= 4 is 5.97 Å². The number of carbonyl (C=O) groups excluding carboxylic acids is 1. The average molecular weight is 281 g/mol. The molecule has 1 aromatic heterocycles. The lowest BCUT2D eigenvalue weighted by molar-refractivity contribution is 0.0514. The molecule has 112 valence electrons. The minimum Gasteiger partial charge on any atom is -0.488 e. The van der Waals surface area contributed by atoms with E-state index in [1.807, 2.05) is 6.92 Å². The van der Waals surface area contributed by atoms with Gasteiger partial charge in [0.1, 0.15) is 12.7 Å². The van der Waals surface area contributed by atoms with Gasteiger partial charge in [-0.3, -0.25) is 0 Å². The SMILES string of the molecule is CCCCc1c(C)[nH]c(C(=O)OCC)c1OCC1CO1. The summed E-state index contributed by atoms with van der Waals surface area (Å²) in [5.74, 6) is 0.287. The summed E-state index contributed by atoms with van der Waals surface area (Å²) in [6, 6.07) is 0. The van der Waals surface area contributed by atoms with Crippen LogP contribution in [0.1, 0.15) is 48.4 Å². The molecule has 1 N–H and O–H groups in total. The number of rotatable bonds is 8. The first-order chi connectivity index (χ1) is 9.67. The van der Waals surface area contributed by atoms with Gasteiger partial charge in [-0.1, -0.05) is 13.3 Å². The number of unbranched alkanes of at least 4 members (excludes halogenated alkanes) is 1. The molecule has 0 aliphatic carbocycles. The van der Waals surface area contributed by atoms with E-state index in [2.05, 4.69) is 11.9 Å². The van der Waals surface area contributed by atoms with E-state index in [0.717, 1.165) is 37.1 Å². The monoisotopic (exact) mass is 281 g/mol. The Bertz CT molecular complexity index is 463. The molecule has 0 amide bonds. The molecule has 2 rings (SSSR count). The fourth-order valence-electron chi connectivity index (χ4n) is 2.14. The summed E-state index contributed by atoms with van der Waals surface area (Å²) in [6.45, 7) is 7.49. The van der Waals surface area contributed by atoms with Crippen molar-refractivity contribution in [2.45, 2.75) is 46.1 Å². The van der Waals surface area contributed by atoms with E-state index in [-0.39, 0.29) is 12.1 Å². The normalized spacial score (nSPS) is 17.1. The lowest BCUT2D eigenvalue weighted by Crippen LogP contribution is -2.11. The molecule has 0 radical (unpaired) electrons. The molecule has 0 aromatic carbocycles. The number of nitrogens with one attached hydrogen (secondary N) is 1. The summed E-state index contributed by atoms with van der Waals surface area (Å²) < 4.78 is 16.1. The molecule has 20 heavy (non-hydrogen) atoms. The standard InChI is InChI=1S/C15H23NO4/c1-4-6-7-12-10(3)16-13(15(17)18-5-2)14(12)20-9-11-8-19-11/h11,16H,4-9H2,1-3H3. The molecule has 5 nitrogen and oxygen atoms in total. The maximum Gasteiger partial charge on any atom is 0.358 e. The first kappa shape index (κ1) is 14.9. The molecule has 1 fully saturated rings. The molecule has 0 saturated carbocycles. The van der Waals surface area contributed by atoms with Crippen LogP contribution in [-0.2, 0) is 15.9 Å². The maximum absolute atomic E-state index is 12.0. The van der Waals surface area contributed by atoms with E-state index in [1.54, 1.807) is 6.92 Å². The van der Waals surface area contributed by atoms with Crippen LogP contribution in [0.3, 0.4) is 0 Å². The third kappa shape index (κ3) is 3.54. The Labute approximate surface area is 119 Å². The summed E-state index contributed by atoms with van der Waals surface area (Å²) in [5.41, 5.74) is 2.49. The predicted octanol–water partition coefficient (Wildman–Crippen LogP) is 2.62. The van der Waals surface area contributed by atoms with Gasteiger partial charge >= 0.3 is 5.97 Å². The van der Waals surface area contributed by atoms with Gasteiger partial charge in [-0.25, -0.2) is 4.79 Å². The van der Waals surface area contributed by atoms with E-state index in [4.69, 9.17) is 14.2 Å². The number of aryl methyl sites for hydroxylation is 1. The number of H-pyrrole nitrogens is 1. The van der Waals surface area contributed by atoms with Gasteiger partial charge < -0.3 is 19.2 Å². The van der Waals surface area contributed by atoms with Crippen molar-refractivity contribution in [3.63, 3.8) is 0 Å². The number of hydrogen-bond acceptors (Lipinski definition) is 4. The Balaban J connectivity index is 2.20. The second kappa shape index (κ2) is 6.79. The molecule has 0 spiro atoms. The van der Waals surface area contributed by atoms with Crippen LogP contribution in [0.25, 0.3) is 0 Å². The van der Waals surface area contributed by atoms with Crippen molar-refractivity contribution in [1.82, 2.24) is 4.98 Å². The lowest BCUT2D eigenvalue weighted by Gasteiger charge is -2.09. The highest BCUT2D eigenvalue weighted by molar-refractivity contribution is 5.91. The third-order valence-corrected chi connectivity index (χ3v) is 3.34. The average Bonchev–Trinajstić information content (AvgIpc) is 3.19. The van der Waals surface area contributed by atoms with Crippen molar-refractivity contribution in [3.05, 3.63) is 17.0 Å². The van der Waals surface area contributed by atoms with Gasteiger partial charge in [-0.15, -0.1) is 0 Å². The largest absolute Gasteiger partial charge is 0.488 e. The van der Waals surface area contributed by atoms with Gasteiger partial charge in [0.05, 0.1) is 13.2 Å². The van der Waals surface area contributed by atoms with Crippen LogP contribution in [-0.4, -0.2) is 36.9 Å². The zero-order valence-electron chi connectivity index (χ0n) is 12.5. The molecule has 1 aliphatic heterocycles. The van der Waals surface area contributed by atoms with Crippen molar-refractivity contribution in [1.29, 1.82) is 0 Å². The molecule has 1 atom stereocenters. The Morgan fingerprint density at radius 3 is 2.80 bits per heavy atom. The number of aromatic amines is 1. The van der Waals surface area contributed by atoms with E-state index in [0.29, 0.717) is 24.7 Å². The van der Waals surface area contributed by atoms with Crippen molar-refractivity contribution in [2.75, 3.05) is 19.8 Å². The summed E-state index contributed by atoms with van der Waals surface area (Å²) in [6.07, 6.45) is 3.24. The number of epoxide rings is 1. The van der Waals surface area contributed by atoms with Gasteiger partial charge in [0.2, 0.25) is 0 Å². The van der Waals surface area contributed by atoms with Gasteiger partial charge in [-0.2, -0.15) is 0 Å². The van der Waals surface area contributed by atoms with E-state index < -0.39 is 0 Å². The minimum absolute atomic E-state index is 0.166. The van der Waals surface area contributed by atoms with E-state index >= 15 is 0 Å². The Morgan fingerprint density at radius 2 is 2.20 bits per heavy atom. The minimum atomic E-state index is -0.356. The first-order valence-corrected chi connectivity index (χ1v) is 7.30. The second-order valence-electron chi connectivity index (χ2n) is 5.02. The summed E-state index contributed by atoms with van der Waals surface area (Å²) in [7, 11) is 0. The summed E-state index contributed by atoms with van der Waals surface area (Å²) in [4.78, 5) is 15.1. The van der Waals surface area contributed by atoms with Crippen molar-refractivity contribution < 1.29 is 19.0 Å². The van der Waals surface area contributed by atoms with Gasteiger partial charge in [0.15, 0.2) is 11.4 Å². The number of esters is 1. The summed E-state index contributed by atoms with van der Waals surface area (Å²) >= 11 is 0. The molecule has 1 saturated heterocycles. The van der Waals surface area contributed by atoms with Crippen LogP contribution >= 0.6 is 0 Å². The van der Waals surface area contributed by atoms with Crippen LogP contribution in [0.2, 0.25) is 0 Å². The zero-order chi connectivity index (χ0) is 14.5. The van der Waals surface area contributed by atoms with Crippen LogP contribution in [0.15, 0.2) is 0 Å². The fraction of sp³-hybridized carbons (Fsp3) is 0.667. The highest BCUT2D eigenvalue weighted by Gasteiger charge is 2.27. The molecule has 0 bridgehead atoms. The number of hydrogen-bond donors (Lipinski definition) is 1. The smallest absolute Gasteiger partial charge is 0.358 e. The zero-order valence-corrected chi connectivity index (χ0v) is 12.5. The number of aromatic nitrogens is 1. The fourth-order valence-corrected chi connectivity index (χ4v) is 2.14. The molecular formula is C15H23NO4. The van der Waals surface area contributed by atoms with Gasteiger partial charge in [-0.05, 0) is 26.7 Å². The second-order valence-corrected chi connectivity index (χ2v) is 5.02. The lowest BCUT2D eigenvalue weighted by atomic mass is 10.1. The van der Waals surface area contributed by atoms with E-state index in [1.165, 1.54) is 0 Å². The Morgan fingerprint density at radius 1 is 1.45 bits per heavy atom. The Kier molecular flexibility index (Phi) is 5.06. The molecule has 5 heteroatoms. The molecule has 2 heterocycles. The van der Waals surface area contributed by atoms with Crippen LogP contribution in [0.5, 0.6) is 5.75 Å². The highest BCUT2D eigenvalue weighted by atomic mass is 16.6. The number of ether oxygens (including phenoxy) is 3. The first-order valence-electron chi connectivity index (χ1n) is 7.30.